The summed E-state index contributed by atoms with van der Waals surface area (Å²) in [6.45, 7) is 1.80. The predicted octanol–water partition coefficient (Wildman–Crippen LogP) is 0.332. The molecule has 0 unspecified atom stereocenters. The minimum Gasteiger partial charge on any atom is -0.480 e. The Hall–Kier alpha value is -1.93. The number of sulfonamides is 1. The molecule has 1 aliphatic heterocycles. The van der Waals surface area contributed by atoms with Crippen molar-refractivity contribution in [2.45, 2.75) is 30.7 Å². The lowest BCUT2D eigenvalue weighted by molar-refractivity contribution is -0.140. The molecule has 3 N–H and O–H groups in total. The van der Waals surface area contributed by atoms with Crippen molar-refractivity contribution in [2.75, 3.05) is 6.54 Å². The number of hydrogen-bond donors (Lipinski definition) is 2. The second-order valence-corrected chi connectivity index (χ2v) is 6.84. The molecule has 1 aromatic carbocycles. The monoisotopic (exact) mass is 312 g/mol. The molecule has 0 aromatic heterocycles. The molecular weight excluding hydrogens is 296 g/mol. The topological polar surface area (TPSA) is 118 Å². The third kappa shape index (κ3) is 2.77. The highest BCUT2D eigenvalue weighted by Gasteiger charge is 2.39. The SMILES string of the molecule is Cc1ccc(S(=O)(=O)N2CCC[C@@H]2C(=O)O)cc1C(N)=O. The maximum atomic E-state index is 12.5. The molecule has 0 radical (unpaired) electrons. The standard InChI is InChI=1S/C13H16N2O5S/c1-8-4-5-9(7-10(8)12(14)16)21(19,20)15-6-2-3-11(15)13(17)18/h4-5,7,11H,2-3,6H2,1H3,(H2,14,16)(H,17,18)/t11-/m1/s1. The number of primary amides is 1. The molecule has 2 rings (SSSR count). The largest absolute Gasteiger partial charge is 0.480 e. The zero-order valence-corrected chi connectivity index (χ0v) is 12.3. The van der Waals surface area contributed by atoms with Gasteiger partial charge < -0.3 is 10.8 Å². The summed E-state index contributed by atoms with van der Waals surface area (Å²) in [5.74, 6) is -1.89. The van der Waals surface area contributed by atoms with Crippen molar-refractivity contribution in [1.29, 1.82) is 0 Å². The molecule has 0 saturated carbocycles. The Kier molecular flexibility index (Phi) is 4.02. The Labute approximate surface area is 122 Å². The van der Waals surface area contributed by atoms with Gasteiger partial charge in [0.1, 0.15) is 6.04 Å². The van der Waals surface area contributed by atoms with Gasteiger partial charge in [-0.25, -0.2) is 8.42 Å². The zero-order chi connectivity index (χ0) is 15.8. The van der Waals surface area contributed by atoms with Gasteiger partial charge in [-0.15, -0.1) is 0 Å². The van der Waals surface area contributed by atoms with E-state index in [0.29, 0.717) is 12.0 Å². The van der Waals surface area contributed by atoms with Crippen LogP contribution in [0.2, 0.25) is 0 Å². The number of rotatable bonds is 4. The molecular formula is C13H16N2O5S. The van der Waals surface area contributed by atoms with E-state index in [1.807, 2.05) is 0 Å². The summed E-state index contributed by atoms with van der Waals surface area (Å²) in [5.41, 5.74) is 5.89. The molecule has 1 heterocycles. The predicted molar refractivity (Wildman–Crippen MR) is 74.2 cm³/mol. The number of benzene rings is 1. The summed E-state index contributed by atoms with van der Waals surface area (Å²) in [6.07, 6.45) is 0.772. The van der Waals surface area contributed by atoms with E-state index in [9.17, 15) is 18.0 Å². The highest BCUT2D eigenvalue weighted by atomic mass is 32.2. The summed E-state index contributed by atoms with van der Waals surface area (Å²) in [6, 6.07) is 2.98. The third-order valence-electron chi connectivity index (χ3n) is 3.57. The van der Waals surface area contributed by atoms with E-state index in [2.05, 4.69) is 0 Å². The number of carboxylic acid groups (broad SMARTS) is 1. The molecule has 1 aliphatic rings. The van der Waals surface area contributed by atoms with E-state index in [-0.39, 0.29) is 23.4 Å². The van der Waals surface area contributed by atoms with Crippen molar-refractivity contribution in [3.63, 3.8) is 0 Å². The van der Waals surface area contributed by atoms with Gasteiger partial charge >= 0.3 is 5.97 Å². The van der Waals surface area contributed by atoms with Crippen LogP contribution in [-0.4, -0.2) is 42.3 Å². The Bertz CT molecular complexity index is 699. The highest BCUT2D eigenvalue weighted by molar-refractivity contribution is 7.89. The van der Waals surface area contributed by atoms with Crippen LogP contribution in [0.15, 0.2) is 23.1 Å². The fourth-order valence-corrected chi connectivity index (χ4v) is 4.11. The van der Waals surface area contributed by atoms with E-state index >= 15 is 0 Å². The van der Waals surface area contributed by atoms with Crippen molar-refractivity contribution >= 4 is 21.9 Å². The first kappa shape index (κ1) is 15.5. The van der Waals surface area contributed by atoms with E-state index in [4.69, 9.17) is 10.8 Å². The van der Waals surface area contributed by atoms with Crippen LogP contribution >= 0.6 is 0 Å². The number of aryl methyl sites for hydroxylation is 1. The number of carbonyl (C=O) groups is 2. The van der Waals surface area contributed by atoms with Crippen LogP contribution in [0.4, 0.5) is 0 Å². The van der Waals surface area contributed by atoms with Crippen LogP contribution < -0.4 is 5.73 Å². The van der Waals surface area contributed by atoms with E-state index in [1.165, 1.54) is 18.2 Å². The zero-order valence-electron chi connectivity index (χ0n) is 11.4. The molecule has 1 amide bonds. The number of carbonyl (C=O) groups excluding carboxylic acids is 1. The fourth-order valence-electron chi connectivity index (χ4n) is 2.44. The second kappa shape index (κ2) is 5.45. The Morgan fingerprint density at radius 2 is 2.05 bits per heavy atom. The first-order valence-electron chi connectivity index (χ1n) is 6.40. The lowest BCUT2D eigenvalue weighted by Crippen LogP contribution is -2.40. The lowest BCUT2D eigenvalue weighted by Gasteiger charge is -2.21. The van der Waals surface area contributed by atoms with Crippen molar-refractivity contribution < 1.29 is 23.1 Å². The summed E-state index contributed by atoms with van der Waals surface area (Å²) in [7, 11) is -3.96. The Balaban J connectivity index is 2.47. The molecule has 1 atom stereocenters. The smallest absolute Gasteiger partial charge is 0.322 e. The van der Waals surface area contributed by atoms with Gasteiger partial charge in [-0.3, -0.25) is 9.59 Å². The van der Waals surface area contributed by atoms with Crippen LogP contribution in [-0.2, 0) is 14.8 Å². The summed E-state index contributed by atoms with van der Waals surface area (Å²) in [5, 5.41) is 9.10. The van der Waals surface area contributed by atoms with Gasteiger partial charge in [-0.1, -0.05) is 6.07 Å². The molecule has 0 spiro atoms. The minimum atomic E-state index is -3.96. The van der Waals surface area contributed by atoms with Crippen LogP contribution in [0.5, 0.6) is 0 Å². The van der Waals surface area contributed by atoms with Crippen molar-refractivity contribution in [3.05, 3.63) is 29.3 Å². The van der Waals surface area contributed by atoms with Gasteiger partial charge in [0, 0.05) is 12.1 Å². The van der Waals surface area contributed by atoms with Gasteiger partial charge in [0.05, 0.1) is 4.90 Å². The number of aliphatic carboxylic acids is 1. The second-order valence-electron chi connectivity index (χ2n) is 4.95. The highest BCUT2D eigenvalue weighted by Crippen LogP contribution is 2.27. The normalized spacial score (nSPS) is 19.6. The molecule has 21 heavy (non-hydrogen) atoms. The quantitative estimate of drug-likeness (QED) is 0.830. The first-order chi connectivity index (χ1) is 9.75. The van der Waals surface area contributed by atoms with Gasteiger partial charge in [-0.05, 0) is 37.5 Å². The maximum Gasteiger partial charge on any atom is 0.322 e. The number of nitrogens with two attached hydrogens (primary N) is 1. The van der Waals surface area contributed by atoms with Crippen molar-refractivity contribution in [2.24, 2.45) is 5.73 Å². The summed E-state index contributed by atoms with van der Waals surface area (Å²) < 4.78 is 26.1. The molecule has 0 bridgehead atoms. The lowest BCUT2D eigenvalue weighted by atomic mass is 10.1. The molecule has 1 fully saturated rings. The van der Waals surface area contributed by atoms with E-state index in [0.717, 1.165) is 4.31 Å². The average molecular weight is 312 g/mol. The van der Waals surface area contributed by atoms with E-state index in [1.54, 1.807) is 6.92 Å². The Morgan fingerprint density at radius 3 is 2.62 bits per heavy atom. The number of amides is 1. The molecule has 114 valence electrons. The molecule has 0 aliphatic carbocycles. The van der Waals surface area contributed by atoms with Crippen LogP contribution in [0, 0.1) is 6.92 Å². The molecule has 8 heteroatoms. The fraction of sp³-hybridized carbons (Fsp3) is 0.385. The van der Waals surface area contributed by atoms with Crippen LogP contribution in [0.25, 0.3) is 0 Å². The van der Waals surface area contributed by atoms with Gasteiger partial charge in [0.15, 0.2) is 0 Å². The first-order valence-corrected chi connectivity index (χ1v) is 7.84. The van der Waals surface area contributed by atoms with E-state index < -0.39 is 27.9 Å². The average Bonchev–Trinajstić information content (AvgIpc) is 2.88. The van der Waals surface area contributed by atoms with Crippen molar-refractivity contribution in [1.82, 2.24) is 4.31 Å². The van der Waals surface area contributed by atoms with Crippen LogP contribution in [0.1, 0.15) is 28.8 Å². The third-order valence-corrected chi connectivity index (χ3v) is 5.47. The van der Waals surface area contributed by atoms with Gasteiger partial charge in [0.2, 0.25) is 15.9 Å². The number of carboxylic acids is 1. The number of nitrogens with zero attached hydrogens (tertiary/aromatic N) is 1. The van der Waals surface area contributed by atoms with Crippen LogP contribution in [0.3, 0.4) is 0 Å². The van der Waals surface area contributed by atoms with Gasteiger partial charge in [0.25, 0.3) is 0 Å². The Morgan fingerprint density at radius 1 is 1.38 bits per heavy atom. The molecule has 1 aromatic rings. The molecule has 7 nitrogen and oxygen atoms in total. The van der Waals surface area contributed by atoms with Crippen molar-refractivity contribution in [3.8, 4) is 0 Å². The summed E-state index contributed by atoms with van der Waals surface area (Å²) >= 11 is 0. The maximum absolute atomic E-state index is 12.5. The van der Waals surface area contributed by atoms with Gasteiger partial charge in [-0.2, -0.15) is 4.31 Å². The summed E-state index contributed by atoms with van der Waals surface area (Å²) in [4.78, 5) is 22.3. The number of hydrogen-bond acceptors (Lipinski definition) is 4. The molecule has 1 saturated heterocycles. The minimum absolute atomic E-state index is 0.113.